The summed E-state index contributed by atoms with van der Waals surface area (Å²) in [5, 5.41) is 4.20. The first kappa shape index (κ1) is 12.1. The fourth-order valence-electron chi connectivity index (χ4n) is 1.91. The van der Waals surface area contributed by atoms with Gasteiger partial charge in [-0.3, -0.25) is 4.98 Å². The number of rotatable bonds is 3. The Morgan fingerprint density at radius 1 is 1.00 bits per heavy atom. The average Bonchev–Trinajstić information content (AvgIpc) is 2.46. The maximum atomic E-state index is 5.61. The maximum Gasteiger partial charge on any atom is 0.223 e. The highest BCUT2D eigenvalue weighted by Gasteiger charge is 2.03. The van der Waals surface area contributed by atoms with Gasteiger partial charge in [0.25, 0.3) is 0 Å². The molecule has 2 heterocycles. The molecule has 7 nitrogen and oxygen atoms in total. The summed E-state index contributed by atoms with van der Waals surface area (Å²) in [6.07, 6.45) is 1.76. The number of anilines is 4. The number of hydrogen-bond donors (Lipinski definition) is 4. The predicted octanol–water partition coefficient (Wildman–Crippen LogP) is 1.64. The van der Waals surface area contributed by atoms with E-state index in [1.54, 1.807) is 12.3 Å². The normalized spacial score (nSPS) is 10.4. The van der Waals surface area contributed by atoms with Crippen molar-refractivity contribution in [1.29, 1.82) is 0 Å². The Morgan fingerprint density at radius 3 is 2.70 bits per heavy atom. The average molecular weight is 267 g/mol. The van der Waals surface area contributed by atoms with Crippen molar-refractivity contribution >= 4 is 34.2 Å². The minimum Gasteiger partial charge on any atom is -0.368 e. The van der Waals surface area contributed by atoms with Gasteiger partial charge in [0, 0.05) is 23.3 Å². The molecule has 2 aromatic heterocycles. The van der Waals surface area contributed by atoms with Crippen LogP contribution in [0.15, 0.2) is 42.6 Å². The van der Waals surface area contributed by atoms with Crippen LogP contribution >= 0.6 is 0 Å². The van der Waals surface area contributed by atoms with Crippen LogP contribution in [0.2, 0.25) is 0 Å². The lowest BCUT2D eigenvalue weighted by Gasteiger charge is -2.08. The third kappa shape index (κ3) is 2.43. The van der Waals surface area contributed by atoms with Crippen molar-refractivity contribution < 1.29 is 0 Å². The molecule has 20 heavy (non-hydrogen) atoms. The van der Waals surface area contributed by atoms with Crippen LogP contribution in [0, 0.1) is 0 Å². The van der Waals surface area contributed by atoms with Crippen molar-refractivity contribution in [2.75, 3.05) is 16.5 Å². The first-order chi connectivity index (χ1) is 9.74. The number of nitrogen functional groups attached to an aromatic ring is 2. The Balaban J connectivity index is 1.94. The lowest BCUT2D eigenvalue weighted by Crippen LogP contribution is -2.11. The van der Waals surface area contributed by atoms with E-state index in [1.165, 1.54) is 0 Å². The number of aromatic nitrogens is 3. The topological polar surface area (TPSA) is 115 Å². The van der Waals surface area contributed by atoms with Gasteiger partial charge in [-0.05, 0) is 24.3 Å². The van der Waals surface area contributed by atoms with Crippen LogP contribution in [-0.4, -0.2) is 15.0 Å². The summed E-state index contributed by atoms with van der Waals surface area (Å²) in [5.74, 6) is 6.48. The number of hydrazine groups is 1. The Hall–Kier alpha value is -2.93. The molecule has 3 aromatic rings. The summed E-state index contributed by atoms with van der Waals surface area (Å²) in [6, 6.07) is 11.4. The van der Waals surface area contributed by atoms with Crippen LogP contribution in [0.1, 0.15) is 0 Å². The van der Waals surface area contributed by atoms with Gasteiger partial charge in [-0.2, -0.15) is 9.97 Å². The molecule has 0 amide bonds. The van der Waals surface area contributed by atoms with E-state index in [2.05, 4.69) is 25.7 Å². The maximum absolute atomic E-state index is 5.61. The number of pyridine rings is 1. The lowest BCUT2D eigenvalue weighted by molar-refractivity contribution is 1.15. The zero-order valence-electron chi connectivity index (χ0n) is 10.5. The van der Waals surface area contributed by atoms with Gasteiger partial charge in [-0.15, -0.1) is 0 Å². The molecule has 0 bridgehead atoms. The Bertz CT molecular complexity index is 757. The number of nitrogens with zero attached hydrogens (tertiary/aromatic N) is 3. The number of fused-ring (bicyclic) bond motifs is 1. The van der Waals surface area contributed by atoms with Gasteiger partial charge in [0.05, 0.1) is 5.52 Å². The quantitative estimate of drug-likeness (QED) is 0.421. The van der Waals surface area contributed by atoms with Crippen LogP contribution in [0.25, 0.3) is 10.9 Å². The van der Waals surface area contributed by atoms with Gasteiger partial charge in [0.15, 0.2) is 0 Å². The zero-order chi connectivity index (χ0) is 13.9. The van der Waals surface area contributed by atoms with Crippen molar-refractivity contribution in [3.05, 3.63) is 42.6 Å². The van der Waals surface area contributed by atoms with Crippen LogP contribution in [0.5, 0.6) is 0 Å². The highest BCUT2D eigenvalue weighted by Crippen LogP contribution is 2.21. The molecule has 0 fully saturated rings. The smallest absolute Gasteiger partial charge is 0.223 e. The van der Waals surface area contributed by atoms with E-state index >= 15 is 0 Å². The highest BCUT2D eigenvalue weighted by molar-refractivity contribution is 5.83. The molecule has 0 saturated heterocycles. The van der Waals surface area contributed by atoms with E-state index in [0.29, 0.717) is 11.6 Å². The Kier molecular flexibility index (Phi) is 3.02. The molecular weight excluding hydrogens is 254 g/mol. The van der Waals surface area contributed by atoms with Crippen molar-refractivity contribution in [2.24, 2.45) is 5.84 Å². The molecule has 0 saturated carbocycles. The third-order valence-corrected chi connectivity index (χ3v) is 2.77. The van der Waals surface area contributed by atoms with Crippen molar-refractivity contribution in [1.82, 2.24) is 15.0 Å². The summed E-state index contributed by atoms with van der Waals surface area (Å²) in [7, 11) is 0. The molecule has 0 aliphatic heterocycles. The van der Waals surface area contributed by atoms with E-state index in [1.807, 2.05) is 30.3 Å². The van der Waals surface area contributed by atoms with Crippen LogP contribution in [-0.2, 0) is 0 Å². The first-order valence-electron chi connectivity index (χ1n) is 5.97. The SMILES string of the molecule is NNc1cc(Nc2ccc3ncccc3c2)nc(N)n1. The van der Waals surface area contributed by atoms with Gasteiger partial charge in [-0.25, -0.2) is 5.84 Å². The molecule has 3 rings (SSSR count). The predicted molar refractivity (Wildman–Crippen MR) is 79.3 cm³/mol. The molecular formula is C13H13N7. The second-order valence-corrected chi connectivity index (χ2v) is 4.18. The summed E-state index contributed by atoms with van der Waals surface area (Å²) in [6.45, 7) is 0. The van der Waals surface area contributed by atoms with Gasteiger partial charge in [0.2, 0.25) is 5.95 Å². The van der Waals surface area contributed by atoms with Gasteiger partial charge >= 0.3 is 0 Å². The monoisotopic (exact) mass is 267 g/mol. The molecule has 6 N–H and O–H groups in total. The molecule has 0 radical (unpaired) electrons. The van der Waals surface area contributed by atoms with Crippen molar-refractivity contribution in [2.45, 2.75) is 0 Å². The fourth-order valence-corrected chi connectivity index (χ4v) is 1.91. The van der Waals surface area contributed by atoms with Gasteiger partial charge in [-0.1, -0.05) is 6.07 Å². The molecule has 1 aromatic carbocycles. The largest absolute Gasteiger partial charge is 0.368 e. The second-order valence-electron chi connectivity index (χ2n) is 4.18. The van der Waals surface area contributed by atoms with Crippen molar-refractivity contribution in [3.63, 3.8) is 0 Å². The van der Waals surface area contributed by atoms with Crippen LogP contribution in [0.4, 0.5) is 23.3 Å². The van der Waals surface area contributed by atoms with E-state index in [4.69, 9.17) is 11.6 Å². The molecule has 100 valence electrons. The van der Waals surface area contributed by atoms with E-state index in [0.717, 1.165) is 16.6 Å². The van der Waals surface area contributed by atoms with E-state index in [9.17, 15) is 0 Å². The summed E-state index contributed by atoms with van der Waals surface area (Å²) < 4.78 is 0. The standard InChI is InChI=1S/C13H13N7/c14-13-18-11(7-12(19-13)20-15)17-9-3-4-10-8(6-9)2-1-5-16-10/h1-7H,15H2,(H4,14,17,18,19,20). The Labute approximate surface area is 115 Å². The Morgan fingerprint density at radius 2 is 1.85 bits per heavy atom. The molecule has 0 unspecified atom stereocenters. The van der Waals surface area contributed by atoms with Gasteiger partial charge < -0.3 is 16.5 Å². The van der Waals surface area contributed by atoms with E-state index < -0.39 is 0 Å². The molecule has 0 aliphatic rings. The van der Waals surface area contributed by atoms with Gasteiger partial charge in [0.1, 0.15) is 11.6 Å². The lowest BCUT2D eigenvalue weighted by atomic mass is 10.2. The fraction of sp³-hybridized carbons (Fsp3) is 0. The summed E-state index contributed by atoms with van der Waals surface area (Å²) in [5.41, 5.74) is 9.87. The third-order valence-electron chi connectivity index (χ3n) is 2.77. The summed E-state index contributed by atoms with van der Waals surface area (Å²) >= 11 is 0. The van der Waals surface area contributed by atoms with Crippen LogP contribution < -0.4 is 22.3 Å². The molecule has 0 aliphatic carbocycles. The molecule has 7 heteroatoms. The zero-order valence-corrected chi connectivity index (χ0v) is 10.5. The number of nitrogens with one attached hydrogen (secondary N) is 2. The number of benzene rings is 1. The molecule has 0 atom stereocenters. The number of nitrogens with two attached hydrogens (primary N) is 2. The molecule has 0 spiro atoms. The number of hydrogen-bond acceptors (Lipinski definition) is 7. The summed E-state index contributed by atoms with van der Waals surface area (Å²) in [4.78, 5) is 12.3. The second kappa shape index (κ2) is 4.98. The highest BCUT2D eigenvalue weighted by atomic mass is 15.3. The minimum absolute atomic E-state index is 0.144. The first-order valence-corrected chi connectivity index (χ1v) is 5.97. The minimum atomic E-state index is 0.144. The van der Waals surface area contributed by atoms with E-state index in [-0.39, 0.29) is 5.95 Å². The van der Waals surface area contributed by atoms with Crippen LogP contribution in [0.3, 0.4) is 0 Å². The van der Waals surface area contributed by atoms with Crippen molar-refractivity contribution in [3.8, 4) is 0 Å².